The largest absolute Gasteiger partial charge is 0.383 e. The summed E-state index contributed by atoms with van der Waals surface area (Å²) in [5.74, 6) is 0.879. The molecule has 0 bridgehead atoms. The Kier molecular flexibility index (Phi) is 7.39. The molecule has 4 rings (SSSR count). The van der Waals surface area contributed by atoms with Crippen molar-refractivity contribution < 1.29 is 16.8 Å². The highest BCUT2D eigenvalue weighted by Gasteiger charge is 2.17. The number of nitrogens with zero attached hydrogens (tertiary/aromatic N) is 3. The topological polar surface area (TPSA) is 123 Å². The van der Waals surface area contributed by atoms with Crippen LogP contribution in [0.4, 0.5) is 5.82 Å². The van der Waals surface area contributed by atoms with Gasteiger partial charge in [0.2, 0.25) is 9.84 Å². The first kappa shape index (κ1) is 25.7. The second kappa shape index (κ2) is 10.3. The van der Waals surface area contributed by atoms with Gasteiger partial charge in [0.1, 0.15) is 15.7 Å². The molecule has 3 aromatic carbocycles. The molecule has 0 fully saturated rings. The molecular weight excluding hydrogens is 496 g/mol. The van der Waals surface area contributed by atoms with E-state index in [2.05, 4.69) is 9.97 Å². The minimum absolute atomic E-state index is 0.129. The van der Waals surface area contributed by atoms with Gasteiger partial charge in [0.05, 0.1) is 21.1 Å². The van der Waals surface area contributed by atoms with Gasteiger partial charge in [0.15, 0.2) is 5.82 Å². The first-order valence-corrected chi connectivity index (χ1v) is 14.9. The number of nitrogens with two attached hydrogens (primary N) is 1. The lowest BCUT2D eigenvalue weighted by Crippen LogP contribution is -2.27. The third-order valence-corrected chi connectivity index (χ3v) is 8.60. The van der Waals surface area contributed by atoms with Crippen molar-refractivity contribution in [2.24, 2.45) is 0 Å². The zero-order valence-electron chi connectivity index (χ0n) is 20.1. The zero-order chi connectivity index (χ0) is 25.9. The van der Waals surface area contributed by atoms with Gasteiger partial charge in [-0.3, -0.25) is 0 Å². The third kappa shape index (κ3) is 6.07. The van der Waals surface area contributed by atoms with E-state index in [1.54, 1.807) is 54.6 Å². The van der Waals surface area contributed by atoms with E-state index in [-0.39, 0.29) is 15.5 Å². The SMILES string of the molecule is CN(CCc1ccc2nc(-c3ccc(S(=O)(=O)c4ccccc4)cc3)nc(N)c2c1)CCS(C)(=O)=O. The van der Waals surface area contributed by atoms with E-state index in [9.17, 15) is 16.8 Å². The quantitative estimate of drug-likeness (QED) is 0.354. The second-order valence-electron chi connectivity index (χ2n) is 8.81. The van der Waals surface area contributed by atoms with Crippen LogP contribution in [-0.2, 0) is 26.1 Å². The van der Waals surface area contributed by atoms with Crippen LogP contribution in [0.15, 0.2) is 82.6 Å². The zero-order valence-corrected chi connectivity index (χ0v) is 21.8. The number of hydrogen-bond donors (Lipinski definition) is 1. The summed E-state index contributed by atoms with van der Waals surface area (Å²) in [6, 6.07) is 20.5. The highest BCUT2D eigenvalue weighted by atomic mass is 32.2. The molecule has 4 aromatic rings. The van der Waals surface area contributed by atoms with Crippen molar-refractivity contribution in [2.75, 3.05) is 37.9 Å². The maximum atomic E-state index is 12.8. The molecule has 8 nitrogen and oxygen atoms in total. The van der Waals surface area contributed by atoms with E-state index in [0.717, 1.165) is 17.4 Å². The summed E-state index contributed by atoms with van der Waals surface area (Å²) >= 11 is 0. The maximum Gasteiger partial charge on any atom is 0.206 e. The third-order valence-electron chi connectivity index (χ3n) is 5.89. The Bertz CT molecular complexity index is 1590. The Balaban J connectivity index is 1.52. The molecule has 0 spiro atoms. The molecule has 0 unspecified atom stereocenters. The maximum absolute atomic E-state index is 12.8. The summed E-state index contributed by atoms with van der Waals surface area (Å²) in [7, 11) is -4.70. The molecule has 0 aliphatic rings. The number of anilines is 1. The van der Waals surface area contributed by atoms with Crippen LogP contribution in [0.25, 0.3) is 22.3 Å². The normalized spacial score (nSPS) is 12.3. The molecule has 0 aliphatic heterocycles. The van der Waals surface area contributed by atoms with Crippen LogP contribution in [0.3, 0.4) is 0 Å². The smallest absolute Gasteiger partial charge is 0.206 e. The van der Waals surface area contributed by atoms with E-state index >= 15 is 0 Å². The predicted octanol–water partition coefficient (Wildman–Crippen LogP) is 3.23. The van der Waals surface area contributed by atoms with Crippen molar-refractivity contribution in [3.8, 4) is 11.4 Å². The average Bonchev–Trinajstić information content (AvgIpc) is 2.86. The van der Waals surface area contributed by atoms with Gasteiger partial charge in [-0.2, -0.15) is 0 Å². The number of sulfone groups is 2. The molecule has 0 radical (unpaired) electrons. The summed E-state index contributed by atoms with van der Waals surface area (Å²) in [4.78, 5) is 11.5. The fourth-order valence-corrected chi connectivity index (χ4v) is 5.68. The number of benzene rings is 3. The summed E-state index contributed by atoms with van der Waals surface area (Å²) in [6.07, 6.45) is 1.97. The van der Waals surface area contributed by atoms with Crippen LogP contribution in [0.2, 0.25) is 0 Å². The van der Waals surface area contributed by atoms with Crippen molar-refractivity contribution in [1.29, 1.82) is 0 Å². The average molecular weight is 525 g/mol. The van der Waals surface area contributed by atoms with Gasteiger partial charge in [-0.05, 0) is 67.6 Å². The minimum atomic E-state index is -3.61. The number of likely N-dealkylation sites (N-methyl/N-ethyl adjacent to an activating group) is 1. The molecule has 2 N–H and O–H groups in total. The molecule has 0 amide bonds. The van der Waals surface area contributed by atoms with Crippen LogP contribution in [-0.4, -0.2) is 63.8 Å². The second-order valence-corrected chi connectivity index (χ2v) is 13.0. The molecule has 10 heteroatoms. The first-order valence-electron chi connectivity index (χ1n) is 11.4. The molecule has 36 heavy (non-hydrogen) atoms. The molecule has 1 heterocycles. The lowest BCUT2D eigenvalue weighted by molar-refractivity contribution is 0.358. The highest BCUT2D eigenvalue weighted by Crippen LogP contribution is 2.27. The van der Waals surface area contributed by atoms with Gasteiger partial charge in [-0.15, -0.1) is 0 Å². The van der Waals surface area contributed by atoms with Gasteiger partial charge < -0.3 is 10.6 Å². The van der Waals surface area contributed by atoms with Crippen LogP contribution in [0, 0.1) is 0 Å². The standard InChI is InChI=1S/C26H28N4O4S2/c1-30(16-17-35(2,31)32)15-14-19-8-13-24-23(18-19)25(27)29-26(28-24)20-9-11-22(12-10-20)36(33,34)21-6-4-3-5-7-21/h3-13,18H,14-17H2,1-2H3,(H2,27,28,29). The minimum Gasteiger partial charge on any atom is -0.383 e. The first-order chi connectivity index (χ1) is 17.0. The Morgan fingerprint density at radius 3 is 2.17 bits per heavy atom. The van der Waals surface area contributed by atoms with E-state index in [1.807, 2.05) is 30.1 Å². The van der Waals surface area contributed by atoms with Gasteiger partial charge >= 0.3 is 0 Å². The van der Waals surface area contributed by atoms with Crippen LogP contribution < -0.4 is 5.73 Å². The molecule has 0 atom stereocenters. The van der Waals surface area contributed by atoms with Crippen molar-refractivity contribution in [3.05, 3.63) is 78.4 Å². The van der Waals surface area contributed by atoms with E-state index in [0.29, 0.717) is 35.8 Å². The summed E-state index contributed by atoms with van der Waals surface area (Å²) in [6.45, 7) is 1.19. The Hall–Kier alpha value is -3.34. The number of nitrogen functional groups attached to an aromatic ring is 1. The lowest BCUT2D eigenvalue weighted by atomic mass is 10.1. The van der Waals surface area contributed by atoms with Crippen molar-refractivity contribution in [1.82, 2.24) is 14.9 Å². The lowest BCUT2D eigenvalue weighted by Gasteiger charge is -2.16. The molecule has 0 saturated heterocycles. The summed E-state index contributed by atoms with van der Waals surface area (Å²) in [5, 5.41) is 0.735. The summed E-state index contributed by atoms with van der Waals surface area (Å²) < 4.78 is 48.4. The molecule has 1 aromatic heterocycles. The predicted molar refractivity (Wildman–Crippen MR) is 142 cm³/mol. The number of fused-ring (bicyclic) bond motifs is 1. The summed E-state index contributed by atoms with van der Waals surface area (Å²) in [5.41, 5.74) is 8.66. The fraction of sp³-hybridized carbons (Fsp3) is 0.231. The Morgan fingerprint density at radius 1 is 0.833 bits per heavy atom. The van der Waals surface area contributed by atoms with Crippen LogP contribution in [0.5, 0.6) is 0 Å². The fourth-order valence-electron chi connectivity index (χ4n) is 3.76. The van der Waals surface area contributed by atoms with Crippen molar-refractivity contribution in [3.63, 3.8) is 0 Å². The van der Waals surface area contributed by atoms with Crippen molar-refractivity contribution in [2.45, 2.75) is 16.2 Å². The molecule has 0 saturated carbocycles. The van der Waals surface area contributed by atoms with Gasteiger partial charge in [0, 0.05) is 30.3 Å². The van der Waals surface area contributed by atoms with Crippen molar-refractivity contribution >= 4 is 36.4 Å². The molecule has 188 valence electrons. The Labute approximate surface area is 211 Å². The Morgan fingerprint density at radius 2 is 1.50 bits per heavy atom. The van der Waals surface area contributed by atoms with E-state index in [4.69, 9.17) is 5.73 Å². The van der Waals surface area contributed by atoms with Gasteiger partial charge in [0.25, 0.3) is 0 Å². The number of aromatic nitrogens is 2. The molecule has 0 aliphatic carbocycles. The van der Waals surface area contributed by atoms with Crippen LogP contribution in [0.1, 0.15) is 5.56 Å². The highest BCUT2D eigenvalue weighted by molar-refractivity contribution is 7.91. The number of rotatable bonds is 9. The van der Waals surface area contributed by atoms with E-state index < -0.39 is 19.7 Å². The van der Waals surface area contributed by atoms with E-state index in [1.165, 1.54) is 6.26 Å². The monoisotopic (exact) mass is 524 g/mol. The van der Waals surface area contributed by atoms with Gasteiger partial charge in [-0.1, -0.05) is 24.3 Å². The molecular formula is C26H28N4O4S2. The van der Waals surface area contributed by atoms with Gasteiger partial charge in [-0.25, -0.2) is 26.8 Å². The van der Waals surface area contributed by atoms with Crippen LogP contribution >= 0.6 is 0 Å². The number of hydrogen-bond acceptors (Lipinski definition) is 8.